The maximum Gasteiger partial charge on any atom is 0.323 e. The molecule has 18 heavy (non-hydrogen) atoms. The topological polar surface area (TPSA) is 87.7 Å². The molecule has 3 N–H and O–H groups in total. The summed E-state index contributed by atoms with van der Waals surface area (Å²) in [6.45, 7) is 2.19. The summed E-state index contributed by atoms with van der Waals surface area (Å²) < 4.78 is 5.40. The van der Waals surface area contributed by atoms with E-state index in [1.807, 2.05) is 31.2 Å². The number of aryl methyl sites for hydroxylation is 1. The molecule has 0 bridgehead atoms. The molecule has 2 amide bonds. The zero-order valence-corrected chi connectivity index (χ0v) is 10.1. The van der Waals surface area contributed by atoms with Crippen molar-refractivity contribution in [3.63, 3.8) is 0 Å². The molecule has 6 nitrogen and oxygen atoms in total. The monoisotopic (exact) mass is 252 g/mol. The highest BCUT2D eigenvalue weighted by molar-refractivity contribution is 5.79. The molecule has 1 rings (SSSR count). The van der Waals surface area contributed by atoms with Gasteiger partial charge in [-0.05, 0) is 24.6 Å². The smallest absolute Gasteiger partial charge is 0.323 e. The van der Waals surface area contributed by atoms with Crippen molar-refractivity contribution >= 4 is 12.0 Å². The van der Waals surface area contributed by atoms with Crippen LogP contribution in [0.2, 0.25) is 0 Å². The molecule has 0 aliphatic heterocycles. The molecule has 0 aliphatic carbocycles. The van der Waals surface area contributed by atoms with E-state index < -0.39 is 18.5 Å². The molecule has 1 aromatic rings. The highest BCUT2D eigenvalue weighted by Gasteiger charge is 2.02. The van der Waals surface area contributed by atoms with E-state index in [0.29, 0.717) is 13.2 Å². The molecule has 98 valence electrons. The number of benzene rings is 1. The second kappa shape index (κ2) is 7.16. The van der Waals surface area contributed by atoms with Gasteiger partial charge in [-0.1, -0.05) is 12.1 Å². The van der Waals surface area contributed by atoms with Crippen LogP contribution in [0.5, 0.6) is 5.75 Å². The van der Waals surface area contributed by atoms with Crippen LogP contribution < -0.4 is 15.4 Å². The second-order valence-corrected chi connectivity index (χ2v) is 3.67. The minimum absolute atomic E-state index is 0.305. The van der Waals surface area contributed by atoms with E-state index >= 15 is 0 Å². The standard InChI is InChI=1S/C12H16N2O4/c1-9-3-2-4-10(7-9)18-6-5-13-12(17)14-8-11(15)16/h2-4,7H,5-6,8H2,1H3,(H,15,16)(H2,13,14,17). The van der Waals surface area contributed by atoms with Crippen LogP contribution in [0.25, 0.3) is 0 Å². The van der Waals surface area contributed by atoms with E-state index in [4.69, 9.17) is 9.84 Å². The van der Waals surface area contributed by atoms with Gasteiger partial charge in [0, 0.05) is 0 Å². The lowest BCUT2D eigenvalue weighted by Gasteiger charge is -2.08. The number of hydrogen-bond acceptors (Lipinski definition) is 3. The molecule has 0 spiro atoms. The third kappa shape index (κ3) is 5.74. The van der Waals surface area contributed by atoms with Gasteiger partial charge >= 0.3 is 12.0 Å². The van der Waals surface area contributed by atoms with Crippen LogP contribution >= 0.6 is 0 Å². The van der Waals surface area contributed by atoms with Crippen LogP contribution in [-0.4, -0.2) is 36.8 Å². The first-order valence-corrected chi connectivity index (χ1v) is 5.51. The van der Waals surface area contributed by atoms with Crippen molar-refractivity contribution in [3.8, 4) is 5.75 Å². The summed E-state index contributed by atoms with van der Waals surface area (Å²) >= 11 is 0. The molecule has 0 saturated carbocycles. The summed E-state index contributed by atoms with van der Waals surface area (Å²) in [6.07, 6.45) is 0. The van der Waals surface area contributed by atoms with E-state index in [-0.39, 0.29) is 0 Å². The average molecular weight is 252 g/mol. The summed E-state index contributed by atoms with van der Waals surface area (Å²) in [5, 5.41) is 13.0. The molecular weight excluding hydrogens is 236 g/mol. The fourth-order valence-corrected chi connectivity index (χ4v) is 1.26. The van der Waals surface area contributed by atoms with Crippen LogP contribution in [0.15, 0.2) is 24.3 Å². The largest absolute Gasteiger partial charge is 0.492 e. The number of hydrogen-bond donors (Lipinski definition) is 3. The Morgan fingerprint density at radius 1 is 1.33 bits per heavy atom. The molecule has 0 atom stereocenters. The normalized spacial score (nSPS) is 9.61. The zero-order valence-electron chi connectivity index (χ0n) is 10.1. The first kappa shape index (κ1) is 13.8. The molecule has 0 aliphatic rings. The molecule has 0 saturated heterocycles. The Labute approximate surface area is 105 Å². The highest BCUT2D eigenvalue weighted by atomic mass is 16.5. The average Bonchev–Trinajstić information content (AvgIpc) is 2.32. The number of ether oxygens (including phenoxy) is 1. The van der Waals surface area contributed by atoms with Gasteiger partial charge in [0.1, 0.15) is 18.9 Å². The maximum absolute atomic E-state index is 11.1. The lowest BCUT2D eigenvalue weighted by atomic mass is 10.2. The van der Waals surface area contributed by atoms with Gasteiger partial charge in [0.15, 0.2) is 0 Å². The lowest BCUT2D eigenvalue weighted by molar-refractivity contribution is -0.135. The third-order valence-electron chi connectivity index (χ3n) is 2.05. The minimum Gasteiger partial charge on any atom is -0.492 e. The molecule has 1 aromatic carbocycles. The van der Waals surface area contributed by atoms with E-state index in [9.17, 15) is 9.59 Å². The van der Waals surface area contributed by atoms with E-state index in [0.717, 1.165) is 11.3 Å². The number of carbonyl (C=O) groups is 2. The minimum atomic E-state index is -1.08. The third-order valence-corrected chi connectivity index (χ3v) is 2.05. The highest BCUT2D eigenvalue weighted by Crippen LogP contribution is 2.11. The molecule has 0 unspecified atom stereocenters. The zero-order chi connectivity index (χ0) is 13.4. The van der Waals surface area contributed by atoms with E-state index in [1.165, 1.54) is 0 Å². The molecule has 0 aromatic heterocycles. The summed E-state index contributed by atoms with van der Waals surface area (Å²) in [6, 6.07) is 7.05. The molecular formula is C12H16N2O4. The SMILES string of the molecule is Cc1cccc(OCCNC(=O)NCC(=O)O)c1. The Bertz CT molecular complexity index is 420. The van der Waals surface area contributed by atoms with Gasteiger partial charge in [-0.25, -0.2) is 4.79 Å². The predicted octanol–water partition coefficient (Wildman–Crippen LogP) is 0.758. The van der Waals surface area contributed by atoms with Gasteiger partial charge in [0.2, 0.25) is 0 Å². The van der Waals surface area contributed by atoms with E-state index in [1.54, 1.807) is 0 Å². The van der Waals surface area contributed by atoms with E-state index in [2.05, 4.69) is 10.6 Å². The first-order valence-electron chi connectivity index (χ1n) is 5.51. The Morgan fingerprint density at radius 3 is 2.78 bits per heavy atom. The Kier molecular flexibility index (Phi) is 5.50. The van der Waals surface area contributed by atoms with Crippen molar-refractivity contribution in [1.82, 2.24) is 10.6 Å². The number of aliphatic carboxylic acids is 1. The maximum atomic E-state index is 11.1. The first-order chi connectivity index (χ1) is 8.58. The van der Waals surface area contributed by atoms with Gasteiger partial charge in [-0.3, -0.25) is 4.79 Å². The van der Waals surface area contributed by atoms with Crippen LogP contribution in [0.3, 0.4) is 0 Å². The van der Waals surface area contributed by atoms with Crippen molar-refractivity contribution in [1.29, 1.82) is 0 Å². The number of urea groups is 1. The number of carboxylic acid groups (broad SMARTS) is 1. The fraction of sp³-hybridized carbons (Fsp3) is 0.333. The summed E-state index contributed by atoms with van der Waals surface area (Å²) in [5.41, 5.74) is 1.10. The Morgan fingerprint density at radius 2 is 2.11 bits per heavy atom. The van der Waals surface area contributed by atoms with Gasteiger partial charge in [0.25, 0.3) is 0 Å². The molecule has 0 radical (unpaired) electrons. The second-order valence-electron chi connectivity index (χ2n) is 3.67. The Hall–Kier alpha value is -2.24. The van der Waals surface area contributed by atoms with Crippen molar-refractivity contribution in [2.24, 2.45) is 0 Å². The lowest BCUT2D eigenvalue weighted by Crippen LogP contribution is -2.40. The molecule has 0 heterocycles. The fourth-order valence-electron chi connectivity index (χ4n) is 1.26. The van der Waals surface area contributed by atoms with Crippen LogP contribution in [-0.2, 0) is 4.79 Å². The molecule has 0 fully saturated rings. The summed E-state index contributed by atoms with van der Waals surface area (Å²) in [4.78, 5) is 21.3. The predicted molar refractivity (Wildman–Crippen MR) is 65.7 cm³/mol. The number of carboxylic acids is 1. The summed E-state index contributed by atoms with van der Waals surface area (Å²) in [7, 11) is 0. The van der Waals surface area contributed by atoms with Gasteiger partial charge in [-0.2, -0.15) is 0 Å². The molecule has 6 heteroatoms. The number of carbonyl (C=O) groups excluding carboxylic acids is 1. The van der Waals surface area contributed by atoms with Gasteiger partial charge in [0.05, 0.1) is 6.54 Å². The number of rotatable bonds is 6. The van der Waals surface area contributed by atoms with Crippen molar-refractivity contribution in [2.75, 3.05) is 19.7 Å². The van der Waals surface area contributed by atoms with Gasteiger partial charge < -0.3 is 20.5 Å². The quantitative estimate of drug-likeness (QED) is 0.652. The summed E-state index contributed by atoms with van der Waals surface area (Å²) in [5.74, 6) is -0.344. The van der Waals surface area contributed by atoms with Crippen molar-refractivity contribution in [3.05, 3.63) is 29.8 Å². The Balaban J connectivity index is 2.15. The van der Waals surface area contributed by atoms with Gasteiger partial charge in [-0.15, -0.1) is 0 Å². The van der Waals surface area contributed by atoms with Crippen LogP contribution in [0, 0.1) is 6.92 Å². The van der Waals surface area contributed by atoms with Crippen molar-refractivity contribution in [2.45, 2.75) is 6.92 Å². The number of amides is 2. The van der Waals surface area contributed by atoms with Crippen molar-refractivity contribution < 1.29 is 19.4 Å². The van der Waals surface area contributed by atoms with Crippen LogP contribution in [0.1, 0.15) is 5.56 Å². The van der Waals surface area contributed by atoms with Crippen LogP contribution in [0.4, 0.5) is 4.79 Å². The number of nitrogens with one attached hydrogen (secondary N) is 2.